The highest BCUT2D eigenvalue weighted by atomic mass is 32.2. The van der Waals surface area contributed by atoms with E-state index in [1.807, 2.05) is 30.5 Å². The smallest absolute Gasteiger partial charge is 0.163 e. The number of hydrogen-bond acceptors (Lipinski definition) is 2. The van der Waals surface area contributed by atoms with Crippen LogP contribution in [0, 0.1) is 5.92 Å². The van der Waals surface area contributed by atoms with Gasteiger partial charge in [0.2, 0.25) is 0 Å². The summed E-state index contributed by atoms with van der Waals surface area (Å²) in [5.41, 5.74) is 0.875. The SMILES string of the molecule is CSc1ccc(C(=O)CC2CCC2)cc1. The van der Waals surface area contributed by atoms with Gasteiger partial charge in [0.15, 0.2) is 5.78 Å². The van der Waals surface area contributed by atoms with Gasteiger partial charge in [0.25, 0.3) is 0 Å². The van der Waals surface area contributed by atoms with E-state index >= 15 is 0 Å². The summed E-state index contributed by atoms with van der Waals surface area (Å²) in [4.78, 5) is 13.1. The van der Waals surface area contributed by atoms with Crippen molar-refractivity contribution in [2.45, 2.75) is 30.6 Å². The third kappa shape index (κ3) is 2.63. The highest BCUT2D eigenvalue weighted by Crippen LogP contribution is 2.30. The van der Waals surface area contributed by atoms with E-state index in [1.165, 1.54) is 24.2 Å². The molecule has 0 radical (unpaired) electrons. The van der Waals surface area contributed by atoms with Gasteiger partial charge in [-0.2, -0.15) is 0 Å². The molecule has 2 rings (SSSR count). The number of Topliss-reactive ketones (excluding diaryl/α,β-unsaturated/α-hetero) is 1. The van der Waals surface area contributed by atoms with Crippen LogP contribution >= 0.6 is 11.8 Å². The molecule has 0 aliphatic heterocycles. The van der Waals surface area contributed by atoms with Gasteiger partial charge in [-0.05, 0) is 24.3 Å². The van der Waals surface area contributed by atoms with Crippen LogP contribution in [0.15, 0.2) is 29.2 Å². The molecular formula is C13H16OS. The summed E-state index contributed by atoms with van der Waals surface area (Å²) in [6.07, 6.45) is 6.59. The maximum atomic E-state index is 11.8. The standard InChI is InChI=1S/C13H16OS/c1-15-12-7-5-11(6-8-12)13(14)9-10-3-2-4-10/h5-8,10H,2-4,9H2,1H3. The maximum absolute atomic E-state index is 11.8. The second-order valence-corrected chi connectivity index (χ2v) is 5.03. The van der Waals surface area contributed by atoms with Gasteiger partial charge in [-0.1, -0.05) is 31.4 Å². The lowest BCUT2D eigenvalue weighted by Gasteiger charge is -2.24. The zero-order chi connectivity index (χ0) is 10.7. The van der Waals surface area contributed by atoms with Gasteiger partial charge in [0.05, 0.1) is 0 Å². The summed E-state index contributed by atoms with van der Waals surface area (Å²) >= 11 is 1.71. The zero-order valence-electron chi connectivity index (χ0n) is 9.03. The van der Waals surface area contributed by atoms with Gasteiger partial charge in [-0.3, -0.25) is 4.79 Å². The van der Waals surface area contributed by atoms with Crippen LogP contribution in [-0.2, 0) is 0 Å². The molecule has 1 nitrogen and oxygen atoms in total. The van der Waals surface area contributed by atoms with Gasteiger partial charge < -0.3 is 0 Å². The van der Waals surface area contributed by atoms with E-state index in [2.05, 4.69) is 0 Å². The van der Waals surface area contributed by atoms with Crippen molar-refractivity contribution in [1.82, 2.24) is 0 Å². The molecule has 1 aromatic rings. The van der Waals surface area contributed by atoms with Crippen molar-refractivity contribution in [2.24, 2.45) is 5.92 Å². The van der Waals surface area contributed by atoms with E-state index in [4.69, 9.17) is 0 Å². The van der Waals surface area contributed by atoms with Gasteiger partial charge in [-0.25, -0.2) is 0 Å². The predicted octanol–water partition coefficient (Wildman–Crippen LogP) is 3.78. The Morgan fingerprint density at radius 3 is 2.47 bits per heavy atom. The molecule has 0 heterocycles. The minimum Gasteiger partial charge on any atom is -0.294 e. The Hall–Kier alpha value is -0.760. The molecule has 1 aliphatic carbocycles. The summed E-state index contributed by atoms with van der Waals surface area (Å²) in [5, 5.41) is 0. The van der Waals surface area contributed by atoms with Crippen molar-refractivity contribution in [1.29, 1.82) is 0 Å². The van der Waals surface area contributed by atoms with Crippen molar-refractivity contribution < 1.29 is 4.79 Å². The van der Waals surface area contributed by atoms with E-state index in [0.717, 1.165) is 12.0 Å². The lowest BCUT2D eigenvalue weighted by Crippen LogP contribution is -2.15. The summed E-state index contributed by atoms with van der Waals surface area (Å²) in [6.45, 7) is 0. The second-order valence-electron chi connectivity index (χ2n) is 4.15. The summed E-state index contributed by atoms with van der Waals surface area (Å²) in [7, 11) is 0. The molecule has 2 heteroatoms. The highest BCUT2D eigenvalue weighted by molar-refractivity contribution is 7.98. The maximum Gasteiger partial charge on any atom is 0.163 e. The van der Waals surface area contributed by atoms with Crippen molar-refractivity contribution in [3.05, 3.63) is 29.8 Å². The monoisotopic (exact) mass is 220 g/mol. The molecule has 15 heavy (non-hydrogen) atoms. The molecular weight excluding hydrogens is 204 g/mol. The number of rotatable bonds is 4. The van der Waals surface area contributed by atoms with Crippen LogP contribution in [0.3, 0.4) is 0 Å². The Morgan fingerprint density at radius 1 is 1.33 bits per heavy atom. The fourth-order valence-electron chi connectivity index (χ4n) is 1.85. The molecule has 0 spiro atoms. The van der Waals surface area contributed by atoms with Crippen LogP contribution < -0.4 is 0 Å². The normalized spacial score (nSPS) is 16.1. The fourth-order valence-corrected chi connectivity index (χ4v) is 2.26. The summed E-state index contributed by atoms with van der Waals surface area (Å²) in [6, 6.07) is 7.96. The Kier molecular flexibility index (Phi) is 3.47. The molecule has 1 fully saturated rings. The topological polar surface area (TPSA) is 17.1 Å². The molecule has 0 saturated heterocycles. The first-order valence-electron chi connectivity index (χ1n) is 5.47. The Morgan fingerprint density at radius 2 is 2.00 bits per heavy atom. The first-order chi connectivity index (χ1) is 7.29. The number of benzene rings is 1. The lowest BCUT2D eigenvalue weighted by molar-refractivity contribution is 0.0936. The molecule has 0 aromatic heterocycles. The average Bonchev–Trinajstić information content (AvgIpc) is 2.23. The first kappa shape index (κ1) is 10.7. The van der Waals surface area contributed by atoms with Crippen LogP contribution in [0.4, 0.5) is 0 Å². The molecule has 0 bridgehead atoms. The Balaban J connectivity index is 1.98. The van der Waals surface area contributed by atoms with Gasteiger partial charge in [-0.15, -0.1) is 11.8 Å². The van der Waals surface area contributed by atoms with Gasteiger partial charge in [0.1, 0.15) is 0 Å². The molecule has 1 aromatic carbocycles. The van der Waals surface area contributed by atoms with Crippen molar-refractivity contribution in [3.8, 4) is 0 Å². The van der Waals surface area contributed by atoms with Crippen LogP contribution in [-0.4, -0.2) is 12.0 Å². The van der Waals surface area contributed by atoms with E-state index in [1.54, 1.807) is 11.8 Å². The van der Waals surface area contributed by atoms with E-state index < -0.39 is 0 Å². The Bertz CT molecular complexity index is 338. The van der Waals surface area contributed by atoms with Crippen molar-refractivity contribution in [2.75, 3.05) is 6.26 Å². The van der Waals surface area contributed by atoms with Gasteiger partial charge in [0, 0.05) is 16.9 Å². The number of carbonyl (C=O) groups is 1. The molecule has 0 N–H and O–H groups in total. The quantitative estimate of drug-likeness (QED) is 0.567. The van der Waals surface area contributed by atoms with Crippen molar-refractivity contribution >= 4 is 17.5 Å². The minimum absolute atomic E-state index is 0.312. The zero-order valence-corrected chi connectivity index (χ0v) is 9.85. The molecule has 0 amide bonds. The van der Waals surface area contributed by atoms with Crippen LogP contribution in [0.1, 0.15) is 36.0 Å². The molecule has 80 valence electrons. The number of thioether (sulfide) groups is 1. The van der Waals surface area contributed by atoms with E-state index in [0.29, 0.717) is 11.7 Å². The van der Waals surface area contributed by atoms with E-state index in [-0.39, 0.29) is 0 Å². The highest BCUT2D eigenvalue weighted by Gasteiger charge is 2.21. The first-order valence-corrected chi connectivity index (χ1v) is 6.69. The third-order valence-electron chi connectivity index (χ3n) is 3.11. The van der Waals surface area contributed by atoms with Gasteiger partial charge >= 0.3 is 0 Å². The Labute approximate surface area is 95.3 Å². The molecule has 1 aliphatic rings. The minimum atomic E-state index is 0.312. The largest absolute Gasteiger partial charge is 0.294 e. The van der Waals surface area contributed by atoms with Crippen molar-refractivity contribution in [3.63, 3.8) is 0 Å². The number of hydrogen-bond donors (Lipinski definition) is 0. The second kappa shape index (κ2) is 4.84. The predicted molar refractivity (Wildman–Crippen MR) is 64.5 cm³/mol. The average molecular weight is 220 g/mol. The lowest BCUT2D eigenvalue weighted by atomic mass is 9.81. The number of carbonyl (C=O) groups excluding carboxylic acids is 1. The summed E-state index contributed by atoms with van der Waals surface area (Å²) < 4.78 is 0. The molecule has 1 saturated carbocycles. The fraction of sp³-hybridized carbons (Fsp3) is 0.462. The molecule has 0 unspecified atom stereocenters. The van der Waals surface area contributed by atoms with E-state index in [9.17, 15) is 4.79 Å². The van der Waals surface area contributed by atoms with Crippen LogP contribution in [0.25, 0.3) is 0 Å². The third-order valence-corrected chi connectivity index (χ3v) is 3.85. The molecule has 0 atom stereocenters. The summed E-state index contributed by atoms with van der Waals surface area (Å²) in [5.74, 6) is 0.977. The number of ketones is 1. The van der Waals surface area contributed by atoms with Crippen LogP contribution in [0.5, 0.6) is 0 Å². The van der Waals surface area contributed by atoms with Crippen LogP contribution in [0.2, 0.25) is 0 Å².